The van der Waals surface area contributed by atoms with Crippen molar-refractivity contribution in [2.24, 2.45) is 0 Å². The SMILES string of the molecule is O=C(O)Cn1c(-c2cccs2)nc2cc(Cl)c(Cl)cc21. The van der Waals surface area contributed by atoms with Gasteiger partial charge < -0.3 is 9.67 Å². The molecule has 102 valence electrons. The molecule has 20 heavy (non-hydrogen) atoms. The Labute approximate surface area is 128 Å². The summed E-state index contributed by atoms with van der Waals surface area (Å²) in [5.74, 6) is -0.330. The quantitative estimate of drug-likeness (QED) is 0.786. The Hall–Kier alpha value is -1.56. The van der Waals surface area contributed by atoms with Crippen LogP contribution in [0.15, 0.2) is 29.6 Å². The zero-order chi connectivity index (χ0) is 14.3. The predicted molar refractivity (Wildman–Crippen MR) is 80.7 cm³/mol. The van der Waals surface area contributed by atoms with Crippen LogP contribution in [0.4, 0.5) is 0 Å². The van der Waals surface area contributed by atoms with E-state index >= 15 is 0 Å². The molecule has 1 aromatic carbocycles. The number of nitrogens with zero attached hydrogens (tertiary/aromatic N) is 2. The van der Waals surface area contributed by atoms with Gasteiger partial charge in [0.1, 0.15) is 6.54 Å². The molecule has 2 heterocycles. The number of benzene rings is 1. The zero-order valence-electron chi connectivity index (χ0n) is 10.0. The number of carbonyl (C=O) groups is 1. The first-order valence-electron chi connectivity index (χ1n) is 5.67. The van der Waals surface area contributed by atoms with Gasteiger partial charge >= 0.3 is 5.97 Å². The number of fused-ring (bicyclic) bond motifs is 1. The van der Waals surface area contributed by atoms with Gasteiger partial charge in [-0.25, -0.2) is 4.98 Å². The van der Waals surface area contributed by atoms with Crippen LogP contribution >= 0.6 is 34.5 Å². The number of carboxylic acids is 1. The van der Waals surface area contributed by atoms with Gasteiger partial charge in [-0.3, -0.25) is 4.79 Å². The van der Waals surface area contributed by atoms with Crippen molar-refractivity contribution in [1.82, 2.24) is 9.55 Å². The summed E-state index contributed by atoms with van der Waals surface area (Å²) < 4.78 is 1.63. The van der Waals surface area contributed by atoms with E-state index in [1.165, 1.54) is 11.3 Å². The molecule has 0 aliphatic heterocycles. The molecule has 0 amide bonds. The summed E-state index contributed by atoms with van der Waals surface area (Å²) in [6, 6.07) is 7.08. The Morgan fingerprint density at radius 1 is 1.35 bits per heavy atom. The van der Waals surface area contributed by atoms with Crippen LogP contribution in [0.3, 0.4) is 0 Å². The van der Waals surface area contributed by atoms with Gasteiger partial charge in [-0.1, -0.05) is 29.3 Å². The summed E-state index contributed by atoms with van der Waals surface area (Å²) in [5, 5.41) is 11.8. The number of aromatic nitrogens is 2. The number of halogens is 2. The molecular formula is C13H8Cl2N2O2S. The molecule has 0 fully saturated rings. The van der Waals surface area contributed by atoms with Crippen LogP contribution in [-0.2, 0) is 11.3 Å². The summed E-state index contributed by atoms with van der Waals surface area (Å²) in [4.78, 5) is 16.5. The summed E-state index contributed by atoms with van der Waals surface area (Å²) >= 11 is 13.5. The molecule has 4 nitrogen and oxygen atoms in total. The number of rotatable bonds is 3. The number of carboxylic acid groups (broad SMARTS) is 1. The van der Waals surface area contributed by atoms with E-state index in [9.17, 15) is 4.79 Å². The lowest BCUT2D eigenvalue weighted by atomic mass is 10.3. The second-order valence-electron chi connectivity index (χ2n) is 4.15. The van der Waals surface area contributed by atoms with Crippen molar-refractivity contribution in [1.29, 1.82) is 0 Å². The van der Waals surface area contributed by atoms with E-state index < -0.39 is 5.97 Å². The van der Waals surface area contributed by atoms with E-state index in [0.717, 1.165) is 4.88 Å². The Kier molecular flexibility index (Phi) is 3.41. The molecule has 7 heteroatoms. The summed E-state index contributed by atoms with van der Waals surface area (Å²) in [6.07, 6.45) is 0. The van der Waals surface area contributed by atoms with Crippen molar-refractivity contribution in [3.63, 3.8) is 0 Å². The largest absolute Gasteiger partial charge is 0.480 e. The second kappa shape index (κ2) is 5.09. The molecular weight excluding hydrogens is 319 g/mol. The second-order valence-corrected chi connectivity index (χ2v) is 5.91. The molecule has 0 aliphatic rings. The van der Waals surface area contributed by atoms with Gasteiger partial charge in [-0.05, 0) is 23.6 Å². The van der Waals surface area contributed by atoms with Gasteiger partial charge in [0.15, 0.2) is 5.82 Å². The van der Waals surface area contributed by atoms with E-state index in [2.05, 4.69) is 4.98 Å². The monoisotopic (exact) mass is 326 g/mol. The Bertz CT molecular complexity index is 796. The fourth-order valence-electron chi connectivity index (χ4n) is 2.01. The van der Waals surface area contributed by atoms with E-state index in [1.807, 2.05) is 17.5 Å². The number of aliphatic carboxylic acids is 1. The Balaban J connectivity index is 2.30. The minimum atomic E-state index is -0.937. The maximum atomic E-state index is 11.1. The minimum Gasteiger partial charge on any atom is -0.480 e. The van der Waals surface area contributed by atoms with Crippen LogP contribution in [0, 0.1) is 0 Å². The highest BCUT2D eigenvalue weighted by Gasteiger charge is 2.17. The summed E-state index contributed by atoms with van der Waals surface area (Å²) in [5.41, 5.74) is 1.29. The molecule has 0 unspecified atom stereocenters. The van der Waals surface area contributed by atoms with Gasteiger partial charge in [0.2, 0.25) is 0 Å². The number of hydrogen-bond acceptors (Lipinski definition) is 3. The van der Waals surface area contributed by atoms with Gasteiger partial charge in [0.05, 0.1) is 26.0 Å². The molecule has 0 radical (unpaired) electrons. The van der Waals surface area contributed by atoms with Crippen LogP contribution in [0.1, 0.15) is 0 Å². The van der Waals surface area contributed by atoms with E-state index in [1.54, 1.807) is 16.7 Å². The van der Waals surface area contributed by atoms with Crippen molar-refractivity contribution >= 4 is 51.5 Å². The lowest BCUT2D eigenvalue weighted by Gasteiger charge is -2.05. The molecule has 3 aromatic rings. The van der Waals surface area contributed by atoms with Gasteiger partial charge in [0.25, 0.3) is 0 Å². The van der Waals surface area contributed by atoms with E-state index in [0.29, 0.717) is 26.9 Å². The number of hydrogen-bond donors (Lipinski definition) is 1. The fraction of sp³-hybridized carbons (Fsp3) is 0.0769. The molecule has 2 aromatic heterocycles. The third kappa shape index (κ3) is 2.28. The molecule has 0 bridgehead atoms. The van der Waals surface area contributed by atoms with E-state index in [4.69, 9.17) is 28.3 Å². The van der Waals surface area contributed by atoms with Crippen molar-refractivity contribution in [2.45, 2.75) is 6.54 Å². The van der Waals surface area contributed by atoms with Crippen molar-refractivity contribution in [3.05, 3.63) is 39.7 Å². The average Bonchev–Trinajstić information content (AvgIpc) is 2.99. The zero-order valence-corrected chi connectivity index (χ0v) is 12.3. The van der Waals surface area contributed by atoms with Crippen molar-refractivity contribution < 1.29 is 9.90 Å². The minimum absolute atomic E-state index is 0.179. The molecule has 0 spiro atoms. The summed E-state index contributed by atoms with van der Waals surface area (Å²) in [6.45, 7) is -0.179. The van der Waals surface area contributed by atoms with Crippen LogP contribution in [0.2, 0.25) is 10.0 Å². The first kappa shape index (κ1) is 13.4. The van der Waals surface area contributed by atoms with Crippen molar-refractivity contribution in [3.8, 4) is 10.7 Å². The maximum absolute atomic E-state index is 11.1. The smallest absolute Gasteiger partial charge is 0.323 e. The van der Waals surface area contributed by atoms with Gasteiger partial charge in [-0.2, -0.15) is 0 Å². The predicted octanol–water partition coefficient (Wildman–Crippen LogP) is 4.16. The lowest BCUT2D eigenvalue weighted by molar-refractivity contribution is -0.137. The van der Waals surface area contributed by atoms with Gasteiger partial charge in [0, 0.05) is 0 Å². The number of imidazole rings is 1. The van der Waals surface area contributed by atoms with Crippen LogP contribution in [0.5, 0.6) is 0 Å². The fourth-order valence-corrected chi connectivity index (χ4v) is 3.05. The molecule has 0 atom stereocenters. The normalized spacial score (nSPS) is 11.1. The highest BCUT2D eigenvalue weighted by atomic mass is 35.5. The number of thiophene rings is 1. The van der Waals surface area contributed by atoms with Crippen LogP contribution < -0.4 is 0 Å². The molecule has 1 N–H and O–H groups in total. The highest BCUT2D eigenvalue weighted by Crippen LogP contribution is 2.32. The highest BCUT2D eigenvalue weighted by molar-refractivity contribution is 7.13. The van der Waals surface area contributed by atoms with Crippen molar-refractivity contribution in [2.75, 3.05) is 0 Å². The first-order valence-corrected chi connectivity index (χ1v) is 7.31. The summed E-state index contributed by atoms with van der Waals surface area (Å²) in [7, 11) is 0. The topological polar surface area (TPSA) is 55.1 Å². The lowest BCUT2D eigenvalue weighted by Crippen LogP contribution is -2.09. The Morgan fingerprint density at radius 2 is 2.10 bits per heavy atom. The third-order valence-corrected chi connectivity index (χ3v) is 4.41. The standard InChI is InChI=1S/C13H8Cl2N2O2S/c14-7-4-9-10(5-8(7)15)17(6-12(18)19)13(16-9)11-2-1-3-20-11/h1-5H,6H2,(H,18,19). The first-order chi connectivity index (χ1) is 9.56. The molecule has 3 rings (SSSR count). The van der Waals surface area contributed by atoms with E-state index in [-0.39, 0.29) is 6.54 Å². The molecule has 0 saturated carbocycles. The molecule has 0 aliphatic carbocycles. The molecule has 0 saturated heterocycles. The van der Waals surface area contributed by atoms with Crippen LogP contribution in [0.25, 0.3) is 21.7 Å². The maximum Gasteiger partial charge on any atom is 0.323 e. The third-order valence-electron chi connectivity index (χ3n) is 2.83. The van der Waals surface area contributed by atoms with Gasteiger partial charge in [-0.15, -0.1) is 11.3 Å². The average molecular weight is 327 g/mol. The Morgan fingerprint density at radius 3 is 2.75 bits per heavy atom. The van der Waals surface area contributed by atoms with Crippen LogP contribution in [-0.4, -0.2) is 20.6 Å².